The highest BCUT2D eigenvalue weighted by atomic mass is 31.2. The zero-order valence-electron chi connectivity index (χ0n) is 16.1. The molecular formula is C20H25N2O6P. The van der Waals surface area contributed by atoms with Gasteiger partial charge < -0.3 is 19.7 Å². The number of para-hydroxylation sites is 1. The molecule has 0 aliphatic heterocycles. The molecule has 2 aromatic rings. The van der Waals surface area contributed by atoms with Gasteiger partial charge in [-0.2, -0.15) is 0 Å². The Hall–Kier alpha value is -2.83. The van der Waals surface area contributed by atoms with E-state index in [4.69, 9.17) is 14.4 Å². The SMILES string of the molecule is CC(NP(=O)(CCCNC(=O)OCc1ccccc1)Oc1ccccc1)C(=O)O. The highest BCUT2D eigenvalue weighted by Crippen LogP contribution is 2.44. The van der Waals surface area contributed by atoms with E-state index in [1.807, 2.05) is 30.3 Å². The smallest absolute Gasteiger partial charge is 0.407 e. The third kappa shape index (κ3) is 8.37. The second-order valence-electron chi connectivity index (χ2n) is 6.33. The van der Waals surface area contributed by atoms with Crippen LogP contribution in [-0.2, 0) is 20.7 Å². The van der Waals surface area contributed by atoms with E-state index in [-0.39, 0.29) is 19.3 Å². The van der Waals surface area contributed by atoms with E-state index in [1.54, 1.807) is 30.3 Å². The van der Waals surface area contributed by atoms with Crippen molar-refractivity contribution >= 4 is 19.6 Å². The van der Waals surface area contributed by atoms with Gasteiger partial charge in [0.15, 0.2) is 0 Å². The summed E-state index contributed by atoms with van der Waals surface area (Å²) in [5, 5.41) is 14.2. The first-order chi connectivity index (χ1) is 13.9. The number of benzene rings is 2. The predicted molar refractivity (Wildman–Crippen MR) is 109 cm³/mol. The van der Waals surface area contributed by atoms with E-state index in [1.165, 1.54) is 6.92 Å². The van der Waals surface area contributed by atoms with Crippen LogP contribution >= 0.6 is 7.52 Å². The first-order valence-electron chi connectivity index (χ1n) is 9.17. The molecule has 3 N–H and O–H groups in total. The van der Waals surface area contributed by atoms with Crippen LogP contribution in [-0.4, -0.2) is 35.9 Å². The van der Waals surface area contributed by atoms with Crippen molar-refractivity contribution in [1.82, 2.24) is 10.4 Å². The van der Waals surface area contributed by atoms with Crippen LogP contribution in [0.1, 0.15) is 18.9 Å². The summed E-state index contributed by atoms with van der Waals surface area (Å²) < 4.78 is 23.8. The summed E-state index contributed by atoms with van der Waals surface area (Å²) in [4.78, 5) is 22.9. The molecule has 8 nitrogen and oxygen atoms in total. The van der Waals surface area contributed by atoms with Gasteiger partial charge in [-0.05, 0) is 31.0 Å². The molecule has 2 atom stereocenters. The third-order valence-electron chi connectivity index (χ3n) is 3.87. The number of aliphatic carboxylic acids is 1. The van der Waals surface area contributed by atoms with Crippen LogP contribution in [0.4, 0.5) is 4.79 Å². The summed E-state index contributed by atoms with van der Waals surface area (Å²) in [7, 11) is -3.50. The summed E-state index contributed by atoms with van der Waals surface area (Å²) >= 11 is 0. The molecule has 0 saturated heterocycles. The highest BCUT2D eigenvalue weighted by molar-refractivity contribution is 7.57. The number of hydrogen-bond acceptors (Lipinski definition) is 5. The first-order valence-corrected chi connectivity index (χ1v) is 11.0. The molecule has 0 spiro atoms. The van der Waals surface area contributed by atoms with E-state index in [0.29, 0.717) is 12.2 Å². The average Bonchev–Trinajstić information content (AvgIpc) is 2.71. The van der Waals surface area contributed by atoms with Crippen molar-refractivity contribution in [3.05, 3.63) is 66.2 Å². The van der Waals surface area contributed by atoms with Crippen molar-refractivity contribution < 1.29 is 28.5 Å². The molecule has 9 heteroatoms. The van der Waals surface area contributed by atoms with Crippen molar-refractivity contribution in [2.24, 2.45) is 0 Å². The Labute approximate surface area is 169 Å². The predicted octanol–water partition coefficient (Wildman–Crippen LogP) is 3.64. The van der Waals surface area contributed by atoms with E-state index >= 15 is 0 Å². The first kappa shape index (κ1) is 22.5. The maximum Gasteiger partial charge on any atom is 0.407 e. The van der Waals surface area contributed by atoms with Gasteiger partial charge in [0.1, 0.15) is 18.4 Å². The Balaban J connectivity index is 1.82. The second kappa shape index (κ2) is 11.2. The van der Waals surface area contributed by atoms with Crippen LogP contribution in [0.15, 0.2) is 60.7 Å². The van der Waals surface area contributed by atoms with Crippen molar-refractivity contribution in [1.29, 1.82) is 0 Å². The lowest BCUT2D eigenvalue weighted by Gasteiger charge is -2.22. The molecule has 0 aliphatic carbocycles. The number of alkyl carbamates (subject to hydrolysis) is 1. The molecule has 2 aromatic carbocycles. The number of carbonyl (C=O) groups is 2. The van der Waals surface area contributed by atoms with Gasteiger partial charge in [-0.25, -0.2) is 9.88 Å². The Morgan fingerprint density at radius 1 is 1.07 bits per heavy atom. The number of rotatable bonds is 11. The maximum atomic E-state index is 13.1. The van der Waals surface area contributed by atoms with Crippen LogP contribution in [0, 0.1) is 0 Å². The number of amides is 1. The Morgan fingerprint density at radius 2 is 1.69 bits per heavy atom. The molecule has 0 saturated carbocycles. The number of carboxylic acid groups (broad SMARTS) is 1. The van der Waals surface area contributed by atoms with E-state index in [2.05, 4.69) is 10.4 Å². The van der Waals surface area contributed by atoms with Gasteiger partial charge in [0.25, 0.3) is 0 Å². The van der Waals surface area contributed by atoms with E-state index < -0.39 is 25.6 Å². The Kier molecular flexibility index (Phi) is 8.70. The summed E-state index contributed by atoms with van der Waals surface area (Å²) in [6.07, 6.45) is -0.234. The summed E-state index contributed by atoms with van der Waals surface area (Å²) in [6, 6.07) is 16.7. The highest BCUT2D eigenvalue weighted by Gasteiger charge is 2.29. The fourth-order valence-electron chi connectivity index (χ4n) is 2.39. The molecule has 2 unspecified atom stereocenters. The van der Waals surface area contributed by atoms with Crippen molar-refractivity contribution in [3.63, 3.8) is 0 Å². The minimum Gasteiger partial charge on any atom is -0.480 e. The largest absolute Gasteiger partial charge is 0.480 e. The van der Waals surface area contributed by atoms with Gasteiger partial charge >= 0.3 is 19.6 Å². The lowest BCUT2D eigenvalue weighted by molar-refractivity contribution is -0.138. The summed E-state index contributed by atoms with van der Waals surface area (Å²) in [5.41, 5.74) is 0.871. The number of ether oxygens (including phenoxy) is 1. The second-order valence-corrected chi connectivity index (χ2v) is 8.57. The third-order valence-corrected chi connectivity index (χ3v) is 6.06. The fourth-order valence-corrected chi connectivity index (χ4v) is 4.40. The minimum absolute atomic E-state index is 0.0402. The lowest BCUT2D eigenvalue weighted by Crippen LogP contribution is -2.34. The number of carbonyl (C=O) groups excluding carboxylic acids is 1. The van der Waals surface area contributed by atoms with Gasteiger partial charge in [-0.3, -0.25) is 9.36 Å². The topological polar surface area (TPSA) is 114 Å². The molecule has 0 fully saturated rings. The number of nitrogens with one attached hydrogen (secondary N) is 2. The monoisotopic (exact) mass is 420 g/mol. The lowest BCUT2D eigenvalue weighted by atomic mass is 10.2. The van der Waals surface area contributed by atoms with Crippen LogP contribution in [0.5, 0.6) is 5.75 Å². The molecule has 0 bridgehead atoms. The molecule has 1 amide bonds. The van der Waals surface area contributed by atoms with Gasteiger partial charge in [0.2, 0.25) is 0 Å². The Morgan fingerprint density at radius 3 is 2.31 bits per heavy atom. The molecular weight excluding hydrogens is 395 g/mol. The minimum atomic E-state index is -3.50. The molecule has 0 aromatic heterocycles. The summed E-state index contributed by atoms with van der Waals surface area (Å²) in [6.45, 7) is 1.75. The van der Waals surface area contributed by atoms with Crippen LogP contribution in [0.2, 0.25) is 0 Å². The average molecular weight is 420 g/mol. The molecule has 0 heterocycles. The maximum absolute atomic E-state index is 13.1. The molecule has 0 aliphatic rings. The van der Waals surface area contributed by atoms with Gasteiger partial charge in [0, 0.05) is 6.54 Å². The van der Waals surface area contributed by atoms with E-state index in [9.17, 15) is 14.2 Å². The summed E-state index contributed by atoms with van der Waals surface area (Å²) in [5.74, 6) is -0.763. The van der Waals surface area contributed by atoms with E-state index in [0.717, 1.165) is 5.56 Å². The number of hydrogen-bond donors (Lipinski definition) is 3. The van der Waals surface area contributed by atoms with Crippen molar-refractivity contribution in [2.75, 3.05) is 12.7 Å². The standard InChI is InChI=1S/C20H25N2O6P/c1-16(19(23)24)22-29(26,28-18-11-6-3-7-12-18)14-8-13-21-20(25)27-15-17-9-4-2-5-10-17/h2-7,9-12,16H,8,13-15H2,1H3,(H,21,25)(H,22,26)(H,23,24). The molecule has 29 heavy (non-hydrogen) atoms. The van der Waals surface area contributed by atoms with Crippen LogP contribution in [0.25, 0.3) is 0 Å². The molecule has 0 radical (unpaired) electrons. The van der Waals surface area contributed by atoms with Gasteiger partial charge in [-0.15, -0.1) is 0 Å². The number of carboxylic acids is 1. The zero-order chi connectivity index (χ0) is 21.1. The molecule has 156 valence electrons. The van der Waals surface area contributed by atoms with Gasteiger partial charge in [0.05, 0.1) is 6.16 Å². The molecule has 2 rings (SSSR count). The van der Waals surface area contributed by atoms with Crippen LogP contribution < -0.4 is 14.9 Å². The Bertz CT molecular complexity index is 831. The normalized spacial score (nSPS) is 13.7. The quantitative estimate of drug-likeness (QED) is 0.376. The van der Waals surface area contributed by atoms with Crippen molar-refractivity contribution in [3.8, 4) is 5.75 Å². The fraction of sp³-hybridized carbons (Fsp3) is 0.300. The zero-order valence-corrected chi connectivity index (χ0v) is 17.0. The van der Waals surface area contributed by atoms with Gasteiger partial charge in [-0.1, -0.05) is 48.5 Å². The van der Waals surface area contributed by atoms with Crippen molar-refractivity contribution in [2.45, 2.75) is 26.0 Å². The van der Waals surface area contributed by atoms with Crippen LogP contribution in [0.3, 0.4) is 0 Å².